The Bertz CT molecular complexity index is 1690. The number of benzene rings is 3. The zero-order valence-electron chi connectivity index (χ0n) is 28.3. The Morgan fingerprint density at radius 3 is 2.21 bits per heavy atom. The summed E-state index contributed by atoms with van der Waals surface area (Å²) < 4.78 is 26.2. The number of piperidine rings is 3. The van der Waals surface area contributed by atoms with Gasteiger partial charge in [-0.3, -0.25) is 9.88 Å². The predicted molar refractivity (Wildman–Crippen MR) is 184 cm³/mol. The molecule has 4 aromatic rings. The number of nitrogens with zero attached hydrogens (tertiary/aromatic N) is 2. The number of rotatable bonds is 11. The van der Waals surface area contributed by atoms with Crippen LogP contribution in [0.25, 0.3) is 10.9 Å². The van der Waals surface area contributed by atoms with Gasteiger partial charge in [0.25, 0.3) is 0 Å². The fourth-order valence-electron chi connectivity index (χ4n) is 6.94. The monoisotopic (exact) mass is 658 g/mol. The summed E-state index contributed by atoms with van der Waals surface area (Å²) in [5.41, 5.74) is 3.24. The van der Waals surface area contributed by atoms with Crippen molar-refractivity contribution in [2.75, 3.05) is 48.6 Å². The van der Waals surface area contributed by atoms with Crippen molar-refractivity contribution in [2.45, 2.75) is 37.5 Å². The fourth-order valence-corrected chi connectivity index (χ4v) is 6.94. The molecule has 3 aliphatic rings. The van der Waals surface area contributed by atoms with Gasteiger partial charge in [0.15, 0.2) is 23.0 Å². The molecule has 256 valence electrons. The predicted octanol–water partition coefficient (Wildman–Crippen LogP) is 5.88. The van der Waals surface area contributed by atoms with E-state index in [0.29, 0.717) is 46.8 Å². The van der Waals surface area contributed by atoms with E-state index in [2.05, 4.69) is 22.5 Å². The van der Waals surface area contributed by atoms with Crippen LogP contribution in [0.4, 0.5) is 0 Å². The molecule has 3 aromatic carbocycles. The number of aromatic hydroxyl groups is 1. The van der Waals surface area contributed by atoms with Crippen LogP contribution in [0.5, 0.6) is 34.5 Å². The fraction of sp³-hybridized carbons (Fsp3) is 0.395. The smallest absolute Gasteiger partial charge is 0.203 e. The van der Waals surface area contributed by atoms with Crippen LogP contribution in [0.2, 0.25) is 0 Å². The maximum atomic E-state index is 11.2. The molecule has 2 bridgehead atoms. The first-order chi connectivity index (χ1) is 23.2. The third kappa shape index (κ3) is 7.31. The topological polar surface area (TPSA) is 123 Å². The maximum absolute atomic E-state index is 11.2. The maximum Gasteiger partial charge on any atom is 0.203 e. The van der Waals surface area contributed by atoms with Crippen LogP contribution in [-0.4, -0.2) is 79.9 Å². The lowest BCUT2D eigenvalue weighted by Crippen LogP contribution is -2.54. The number of hydrogen-bond acceptors (Lipinski definition) is 10. The Labute approximate surface area is 282 Å². The average Bonchev–Trinajstić information content (AvgIpc) is 3.13. The molecule has 0 aliphatic carbocycles. The molecule has 6 atom stereocenters. The molecule has 3 N–H and O–H groups in total. The van der Waals surface area contributed by atoms with Crippen molar-refractivity contribution in [1.82, 2.24) is 9.88 Å². The van der Waals surface area contributed by atoms with Gasteiger partial charge in [-0.15, -0.1) is 6.58 Å². The van der Waals surface area contributed by atoms with Crippen LogP contribution >= 0.6 is 0 Å². The summed E-state index contributed by atoms with van der Waals surface area (Å²) in [7, 11) is 7.72. The minimum Gasteiger partial charge on any atom is -0.504 e. The Balaban J connectivity index is 0.000000188. The standard InChI is InChI=1S/C20H24N2O2.C18H22O6/c1-3-13-12-22-9-7-14(13)10-19(22)20(23)16-6-8-21-18-5-4-15(24-2)11-17(16)18;1-21-15-6-5-11(8-14(15)20)7-13(19)12-9-16(22-2)18(24-4)17(10-12)23-3/h3-6,8,11,13-14,19-20,23H,1,7,9-10,12H2,2H3;5-6,8-10,13,19-20H,7H2,1-4H3/t13-,14-,19-,20+;13-/m01/s1. The number of fused-ring (bicyclic) bond motifs is 4. The second kappa shape index (κ2) is 15.6. The van der Waals surface area contributed by atoms with Crippen molar-refractivity contribution in [1.29, 1.82) is 0 Å². The Kier molecular flexibility index (Phi) is 11.3. The van der Waals surface area contributed by atoms with Gasteiger partial charge in [0.1, 0.15) is 5.75 Å². The van der Waals surface area contributed by atoms with E-state index >= 15 is 0 Å². The highest BCUT2D eigenvalue weighted by molar-refractivity contribution is 5.84. The number of aliphatic hydroxyl groups is 2. The van der Waals surface area contributed by atoms with Crippen LogP contribution in [0, 0.1) is 11.8 Å². The molecule has 0 amide bonds. The number of phenolic OH excluding ortho intramolecular Hbond substituents is 1. The van der Waals surface area contributed by atoms with Gasteiger partial charge in [-0.25, -0.2) is 0 Å². The number of aromatic nitrogens is 1. The lowest BCUT2D eigenvalue weighted by atomic mass is 9.73. The summed E-state index contributed by atoms with van der Waals surface area (Å²) >= 11 is 0. The normalized spacial score (nSPS) is 21.0. The van der Waals surface area contributed by atoms with Gasteiger partial charge in [-0.1, -0.05) is 12.1 Å². The SMILES string of the molecule is C=C[C@H]1CN2CC[C@H]1C[C@H]2[C@H](O)c1ccnc2ccc(OC)cc12.COc1ccc(C[C@@H](O)c2cc(OC)c(OC)c(OC)c2)cc1O. The third-order valence-corrected chi connectivity index (χ3v) is 9.56. The zero-order chi connectivity index (χ0) is 34.4. The molecule has 7 rings (SSSR count). The van der Waals surface area contributed by atoms with E-state index in [-0.39, 0.29) is 11.8 Å². The zero-order valence-corrected chi connectivity index (χ0v) is 28.3. The van der Waals surface area contributed by atoms with E-state index in [1.165, 1.54) is 34.9 Å². The molecule has 1 aromatic heterocycles. The summed E-state index contributed by atoms with van der Waals surface area (Å²) in [5.74, 6) is 3.85. The molecule has 3 saturated heterocycles. The lowest BCUT2D eigenvalue weighted by Gasteiger charge is -2.50. The molecule has 0 radical (unpaired) electrons. The molecule has 10 heteroatoms. The van der Waals surface area contributed by atoms with E-state index in [4.69, 9.17) is 23.7 Å². The van der Waals surface area contributed by atoms with Gasteiger partial charge >= 0.3 is 0 Å². The molecule has 48 heavy (non-hydrogen) atoms. The van der Waals surface area contributed by atoms with E-state index in [1.807, 2.05) is 24.3 Å². The van der Waals surface area contributed by atoms with E-state index in [0.717, 1.165) is 47.3 Å². The van der Waals surface area contributed by atoms with E-state index in [1.54, 1.807) is 43.6 Å². The quantitative estimate of drug-likeness (QED) is 0.169. The summed E-state index contributed by atoms with van der Waals surface area (Å²) in [6.07, 6.45) is 5.14. The number of ether oxygens (including phenoxy) is 5. The van der Waals surface area contributed by atoms with Gasteiger partial charge in [0.05, 0.1) is 53.3 Å². The molecular formula is C38H46N2O8. The van der Waals surface area contributed by atoms with Crippen LogP contribution in [0.1, 0.15) is 41.7 Å². The molecular weight excluding hydrogens is 612 g/mol. The highest BCUT2D eigenvalue weighted by atomic mass is 16.5. The van der Waals surface area contributed by atoms with E-state index < -0.39 is 12.2 Å². The number of pyridine rings is 1. The summed E-state index contributed by atoms with van der Waals surface area (Å²) in [6.45, 7) is 6.07. The van der Waals surface area contributed by atoms with Crippen LogP contribution in [-0.2, 0) is 6.42 Å². The first-order valence-corrected chi connectivity index (χ1v) is 16.1. The third-order valence-electron chi connectivity index (χ3n) is 9.56. The second-order valence-corrected chi connectivity index (χ2v) is 12.2. The summed E-state index contributed by atoms with van der Waals surface area (Å²) in [6, 6.07) is 16.4. The minimum absolute atomic E-state index is 0.0343. The van der Waals surface area contributed by atoms with Gasteiger partial charge in [0, 0.05) is 30.6 Å². The Morgan fingerprint density at radius 1 is 0.896 bits per heavy atom. The van der Waals surface area contributed by atoms with Crippen LogP contribution in [0.15, 0.2) is 73.4 Å². The molecule has 3 fully saturated rings. The van der Waals surface area contributed by atoms with Crippen LogP contribution in [0.3, 0.4) is 0 Å². The van der Waals surface area contributed by atoms with Crippen molar-refractivity contribution in [3.8, 4) is 34.5 Å². The van der Waals surface area contributed by atoms with Crippen molar-refractivity contribution in [3.63, 3.8) is 0 Å². The average molecular weight is 659 g/mol. The molecule has 4 heterocycles. The first-order valence-electron chi connectivity index (χ1n) is 16.1. The molecule has 10 nitrogen and oxygen atoms in total. The van der Waals surface area contributed by atoms with Crippen molar-refractivity contribution in [3.05, 3.63) is 90.1 Å². The van der Waals surface area contributed by atoms with Gasteiger partial charge in [-0.2, -0.15) is 0 Å². The number of methoxy groups -OCH3 is 5. The van der Waals surface area contributed by atoms with Gasteiger partial charge in [0.2, 0.25) is 5.75 Å². The number of phenols is 1. The number of aliphatic hydroxyl groups excluding tert-OH is 2. The summed E-state index contributed by atoms with van der Waals surface area (Å²) in [5, 5.41) is 32.5. The second-order valence-electron chi connectivity index (χ2n) is 12.2. The largest absolute Gasteiger partial charge is 0.504 e. The van der Waals surface area contributed by atoms with Gasteiger partial charge < -0.3 is 39.0 Å². The Morgan fingerprint density at radius 2 is 1.62 bits per heavy atom. The minimum atomic E-state index is -0.800. The molecule has 3 aliphatic heterocycles. The highest BCUT2D eigenvalue weighted by Gasteiger charge is 2.42. The molecule has 0 spiro atoms. The van der Waals surface area contributed by atoms with Crippen LogP contribution < -0.4 is 23.7 Å². The summed E-state index contributed by atoms with van der Waals surface area (Å²) in [4.78, 5) is 6.86. The van der Waals surface area contributed by atoms with Crippen molar-refractivity contribution in [2.24, 2.45) is 11.8 Å². The van der Waals surface area contributed by atoms with Gasteiger partial charge in [-0.05, 0) is 96.4 Å². The Hall–Kier alpha value is -4.51. The lowest BCUT2D eigenvalue weighted by molar-refractivity contribution is -0.0444. The van der Waals surface area contributed by atoms with Crippen molar-refractivity contribution >= 4 is 10.9 Å². The van der Waals surface area contributed by atoms with E-state index in [9.17, 15) is 15.3 Å². The number of hydrogen-bond donors (Lipinski definition) is 3. The van der Waals surface area contributed by atoms with Crippen molar-refractivity contribution < 1.29 is 39.0 Å². The molecule has 1 unspecified atom stereocenters. The highest BCUT2D eigenvalue weighted by Crippen LogP contribution is 2.43. The first kappa shape index (κ1) is 34.8. The molecule has 0 saturated carbocycles.